The number of amides is 1. The van der Waals surface area contributed by atoms with Gasteiger partial charge in [0.05, 0.1) is 25.4 Å². The van der Waals surface area contributed by atoms with Gasteiger partial charge in [-0.3, -0.25) is 4.98 Å². The first kappa shape index (κ1) is 19.7. The van der Waals surface area contributed by atoms with Crippen LogP contribution in [-0.2, 0) is 11.2 Å². The Morgan fingerprint density at radius 2 is 1.82 bits per heavy atom. The molecule has 6 heteroatoms. The third-order valence-corrected chi connectivity index (χ3v) is 4.30. The van der Waals surface area contributed by atoms with Gasteiger partial charge >= 0.3 is 6.09 Å². The number of hydrogen-bond acceptors (Lipinski definition) is 5. The lowest BCUT2D eigenvalue weighted by molar-refractivity contribution is 0.0528. The van der Waals surface area contributed by atoms with Crippen LogP contribution in [-0.4, -0.2) is 37.4 Å². The standard InChI is InChI=1S/C22H26N2O4/c1-22(2,3)28-21(25)23-11-10-18-20-16(12-14(26-4)13-19(20)27-5)15-8-6-7-9-17(15)24-18/h6-9,12-13H,10-11H2,1-5H3,(H,23,25). The van der Waals surface area contributed by atoms with Crippen LogP contribution in [0.25, 0.3) is 21.7 Å². The molecular weight excluding hydrogens is 356 g/mol. The van der Waals surface area contributed by atoms with Crippen LogP contribution >= 0.6 is 0 Å². The Morgan fingerprint density at radius 3 is 2.50 bits per heavy atom. The molecule has 0 unspecified atom stereocenters. The van der Waals surface area contributed by atoms with Crippen molar-refractivity contribution in [2.45, 2.75) is 32.8 Å². The number of methoxy groups -OCH3 is 2. The highest BCUT2D eigenvalue weighted by Gasteiger charge is 2.17. The molecule has 0 saturated carbocycles. The molecule has 0 aliphatic rings. The Bertz CT molecular complexity index is 1010. The minimum Gasteiger partial charge on any atom is -0.497 e. The van der Waals surface area contributed by atoms with E-state index in [0.29, 0.717) is 18.7 Å². The number of rotatable bonds is 5. The molecule has 6 nitrogen and oxygen atoms in total. The van der Waals surface area contributed by atoms with Crippen molar-refractivity contribution in [3.8, 4) is 11.5 Å². The first-order valence-electron chi connectivity index (χ1n) is 9.22. The van der Waals surface area contributed by atoms with E-state index in [1.54, 1.807) is 14.2 Å². The number of benzene rings is 2. The predicted molar refractivity (Wildman–Crippen MR) is 110 cm³/mol. The Balaban J connectivity index is 2.00. The van der Waals surface area contributed by atoms with Crippen LogP contribution in [0.3, 0.4) is 0 Å². The molecule has 0 spiro atoms. The monoisotopic (exact) mass is 382 g/mol. The summed E-state index contributed by atoms with van der Waals surface area (Å²) >= 11 is 0. The van der Waals surface area contributed by atoms with Crippen LogP contribution in [0.4, 0.5) is 4.79 Å². The highest BCUT2D eigenvalue weighted by molar-refractivity contribution is 6.09. The van der Waals surface area contributed by atoms with Gasteiger partial charge < -0.3 is 19.5 Å². The molecule has 148 valence electrons. The summed E-state index contributed by atoms with van der Waals surface area (Å²) in [6, 6.07) is 11.8. The zero-order valence-corrected chi connectivity index (χ0v) is 17.0. The molecule has 1 N–H and O–H groups in total. The minimum absolute atomic E-state index is 0.407. The molecular formula is C22H26N2O4. The van der Waals surface area contributed by atoms with E-state index in [0.717, 1.165) is 33.1 Å². The summed E-state index contributed by atoms with van der Waals surface area (Å²) in [6.07, 6.45) is 0.106. The van der Waals surface area contributed by atoms with Crippen molar-refractivity contribution in [2.24, 2.45) is 0 Å². The van der Waals surface area contributed by atoms with Gasteiger partial charge in [0, 0.05) is 35.2 Å². The molecule has 0 atom stereocenters. The largest absolute Gasteiger partial charge is 0.497 e. The number of ether oxygens (including phenoxy) is 3. The average molecular weight is 382 g/mol. The molecule has 1 heterocycles. The summed E-state index contributed by atoms with van der Waals surface area (Å²) in [7, 11) is 3.27. The van der Waals surface area contributed by atoms with Gasteiger partial charge in [-0.2, -0.15) is 0 Å². The lowest BCUT2D eigenvalue weighted by Crippen LogP contribution is -2.33. The van der Waals surface area contributed by atoms with Gasteiger partial charge in [0.2, 0.25) is 0 Å². The molecule has 0 saturated heterocycles. The summed E-state index contributed by atoms with van der Waals surface area (Å²) in [4.78, 5) is 16.8. The highest BCUT2D eigenvalue weighted by atomic mass is 16.6. The second-order valence-electron chi connectivity index (χ2n) is 7.51. The molecule has 0 radical (unpaired) electrons. The Labute approximate surface area is 164 Å². The van der Waals surface area contributed by atoms with Crippen LogP contribution in [0.5, 0.6) is 11.5 Å². The fraction of sp³-hybridized carbons (Fsp3) is 0.364. The van der Waals surface area contributed by atoms with Crippen molar-refractivity contribution in [3.05, 3.63) is 42.1 Å². The number of nitrogens with zero attached hydrogens (tertiary/aromatic N) is 1. The first-order valence-corrected chi connectivity index (χ1v) is 9.22. The van der Waals surface area contributed by atoms with E-state index in [-0.39, 0.29) is 0 Å². The maximum Gasteiger partial charge on any atom is 0.407 e. The predicted octanol–water partition coefficient (Wildman–Crippen LogP) is 4.47. The van der Waals surface area contributed by atoms with Crippen molar-refractivity contribution in [1.29, 1.82) is 0 Å². The smallest absolute Gasteiger partial charge is 0.407 e. The minimum atomic E-state index is -0.530. The number of aromatic nitrogens is 1. The van der Waals surface area contributed by atoms with Crippen LogP contribution in [0.15, 0.2) is 36.4 Å². The van der Waals surface area contributed by atoms with Crippen LogP contribution < -0.4 is 14.8 Å². The molecule has 0 aliphatic carbocycles. The molecule has 3 aromatic rings. The number of nitrogens with one attached hydrogen (secondary N) is 1. The van der Waals surface area contributed by atoms with E-state index in [9.17, 15) is 4.79 Å². The van der Waals surface area contributed by atoms with Gasteiger partial charge in [-0.1, -0.05) is 18.2 Å². The number of para-hydroxylation sites is 1. The van der Waals surface area contributed by atoms with E-state index < -0.39 is 11.7 Å². The second-order valence-corrected chi connectivity index (χ2v) is 7.51. The van der Waals surface area contributed by atoms with Gasteiger partial charge in [0.1, 0.15) is 17.1 Å². The summed E-state index contributed by atoms with van der Waals surface area (Å²) in [5.41, 5.74) is 1.21. The molecule has 0 aliphatic heterocycles. The van der Waals surface area contributed by atoms with Crippen molar-refractivity contribution in [1.82, 2.24) is 10.3 Å². The maximum atomic E-state index is 11.9. The molecule has 0 fully saturated rings. The number of carbonyl (C=O) groups is 1. The third-order valence-electron chi connectivity index (χ3n) is 4.30. The van der Waals surface area contributed by atoms with Crippen LogP contribution in [0, 0.1) is 0 Å². The molecule has 3 rings (SSSR count). The summed E-state index contributed by atoms with van der Waals surface area (Å²) in [5.74, 6) is 1.42. The van der Waals surface area contributed by atoms with Crippen molar-refractivity contribution in [2.75, 3.05) is 20.8 Å². The van der Waals surface area contributed by atoms with Crippen LogP contribution in [0.1, 0.15) is 26.5 Å². The number of fused-ring (bicyclic) bond motifs is 3. The normalized spacial score (nSPS) is 11.5. The molecule has 0 bridgehead atoms. The number of alkyl carbamates (subject to hydrolysis) is 1. The lowest BCUT2D eigenvalue weighted by Gasteiger charge is -2.20. The Kier molecular flexibility index (Phi) is 5.58. The first-order chi connectivity index (χ1) is 13.3. The summed E-state index contributed by atoms with van der Waals surface area (Å²) in [6.45, 7) is 5.92. The van der Waals surface area contributed by atoms with Crippen molar-refractivity contribution < 1.29 is 19.0 Å². The topological polar surface area (TPSA) is 69.7 Å². The zero-order valence-electron chi connectivity index (χ0n) is 17.0. The summed E-state index contributed by atoms with van der Waals surface area (Å²) < 4.78 is 16.4. The van der Waals surface area contributed by atoms with Gasteiger partial charge in [0.15, 0.2) is 0 Å². The summed E-state index contributed by atoms with van der Waals surface area (Å²) in [5, 5.41) is 5.75. The van der Waals surface area contributed by atoms with Gasteiger partial charge in [-0.25, -0.2) is 4.79 Å². The molecule has 2 aromatic carbocycles. The highest BCUT2D eigenvalue weighted by Crippen LogP contribution is 2.37. The second kappa shape index (κ2) is 7.92. The number of pyridine rings is 1. The van der Waals surface area contributed by atoms with Crippen molar-refractivity contribution in [3.63, 3.8) is 0 Å². The Morgan fingerprint density at radius 1 is 1.07 bits per heavy atom. The van der Waals surface area contributed by atoms with E-state index in [2.05, 4.69) is 5.32 Å². The van der Waals surface area contributed by atoms with E-state index in [1.807, 2.05) is 57.2 Å². The lowest BCUT2D eigenvalue weighted by atomic mass is 10.0. The quantitative estimate of drug-likeness (QED) is 0.659. The molecule has 28 heavy (non-hydrogen) atoms. The van der Waals surface area contributed by atoms with Gasteiger partial charge in [0.25, 0.3) is 0 Å². The van der Waals surface area contributed by atoms with E-state index in [4.69, 9.17) is 19.2 Å². The average Bonchev–Trinajstić information content (AvgIpc) is 2.65. The fourth-order valence-corrected chi connectivity index (χ4v) is 3.16. The van der Waals surface area contributed by atoms with Gasteiger partial charge in [-0.15, -0.1) is 0 Å². The van der Waals surface area contributed by atoms with Crippen molar-refractivity contribution >= 4 is 27.8 Å². The SMILES string of the molecule is COc1cc(OC)c2c(CCNC(=O)OC(C)(C)C)nc3ccccc3c2c1. The number of hydrogen-bond donors (Lipinski definition) is 1. The third kappa shape index (κ3) is 4.27. The van der Waals surface area contributed by atoms with E-state index in [1.165, 1.54) is 0 Å². The number of carbonyl (C=O) groups excluding carboxylic acids is 1. The Hall–Kier alpha value is -3.02. The molecule has 1 aromatic heterocycles. The molecule has 1 amide bonds. The van der Waals surface area contributed by atoms with Crippen LogP contribution in [0.2, 0.25) is 0 Å². The maximum absolute atomic E-state index is 11.9. The van der Waals surface area contributed by atoms with E-state index >= 15 is 0 Å². The fourth-order valence-electron chi connectivity index (χ4n) is 3.16. The zero-order chi connectivity index (χ0) is 20.3. The van der Waals surface area contributed by atoms with Gasteiger partial charge in [-0.05, 0) is 32.9 Å².